The quantitative estimate of drug-likeness (QED) is 0.611. The van der Waals surface area contributed by atoms with Crippen LogP contribution in [0.5, 0.6) is 0 Å². The van der Waals surface area contributed by atoms with Crippen LogP contribution in [0.15, 0.2) is 23.1 Å². The summed E-state index contributed by atoms with van der Waals surface area (Å²) in [6.45, 7) is 1.14. The Labute approximate surface area is 116 Å². The zero-order chi connectivity index (χ0) is 14.0. The van der Waals surface area contributed by atoms with Crippen LogP contribution in [0, 0.1) is 0 Å². The van der Waals surface area contributed by atoms with E-state index in [1.165, 1.54) is 12.1 Å². The van der Waals surface area contributed by atoms with Crippen molar-refractivity contribution >= 4 is 31.3 Å². The molecular weight excluding hydrogens is 290 g/mol. The fraction of sp³-hybridized carbons (Fsp3) is 0.417. The third-order valence-corrected chi connectivity index (χ3v) is 4.35. The first kappa shape index (κ1) is 14.3. The minimum atomic E-state index is -3.76. The molecule has 0 fully saturated rings. The number of carbonyl (C=O) groups is 1. The minimum Gasteiger partial charge on any atom is -0.385 e. The molecule has 1 amide bonds. The summed E-state index contributed by atoms with van der Waals surface area (Å²) in [7, 11) is 3.14. The van der Waals surface area contributed by atoms with Gasteiger partial charge in [0.2, 0.25) is 5.91 Å². The van der Waals surface area contributed by atoms with Gasteiger partial charge in [-0.1, -0.05) is 0 Å². The molecule has 7 heteroatoms. The molecule has 2 rings (SSSR count). The second-order valence-electron chi connectivity index (χ2n) is 4.30. The fourth-order valence-corrected chi connectivity index (χ4v) is 2.92. The largest absolute Gasteiger partial charge is 0.385 e. The van der Waals surface area contributed by atoms with Crippen molar-refractivity contribution in [3.63, 3.8) is 0 Å². The Morgan fingerprint density at radius 2 is 2.16 bits per heavy atom. The summed E-state index contributed by atoms with van der Waals surface area (Å²) in [6, 6.07) is 4.51. The number of carbonyl (C=O) groups excluding carboxylic acids is 1. The first-order chi connectivity index (χ1) is 8.93. The molecule has 0 unspecified atom stereocenters. The third kappa shape index (κ3) is 3.08. The zero-order valence-electron chi connectivity index (χ0n) is 10.4. The number of ether oxygens (including phenoxy) is 1. The lowest BCUT2D eigenvalue weighted by molar-refractivity contribution is -0.117. The molecule has 0 N–H and O–H groups in total. The van der Waals surface area contributed by atoms with E-state index < -0.39 is 9.05 Å². The van der Waals surface area contributed by atoms with E-state index in [4.69, 9.17) is 15.4 Å². The number of rotatable bonds is 5. The predicted molar refractivity (Wildman–Crippen MR) is 72.0 cm³/mol. The summed E-state index contributed by atoms with van der Waals surface area (Å²) in [4.78, 5) is 13.6. The first-order valence-corrected chi connectivity index (χ1v) is 8.11. The smallest absolute Gasteiger partial charge is 0.261 e. The second kappa shape index (κ2) is 5.48. The molecule has 1 aliphatic heterocycles. The van der Waals surface area contributed by atoms with Crippen molar-refractivity contribution in [3.8, 4) is 0 Å². The van der Waals surface area contributed by atoms with Crippen LogP contribution in [0.25, 0.3) is 0 Å². The maximum absolute atomic E-state index is 11.9. The van der Waals surface area contributed by atoms with Crippen LogP contribution >= 0.6 is 10.7 Å². The maximum Gasteiger partial charge on any atom is 0.261 e. The summed E-state index contributed by atoms with van der Waals surface area (Å²) >= 11 is 0. The van der Waals surface area contributed by atoms with E-state index >= 15 is 0 Å². The van der Waals surface area contributed by atoms with Crippen LogP contribution in [0.2, 0.25) is 0 Å². The van der Waals surface area contributed by atoms with Crippen LogP contribution in [0.1, 0.15) is 12.0 Å². The van der Waals surface area contributed by atoms with Gasteiger partial charge in [0.05, 0.1) is 11.3 Å². The Balaban J connectivity index is 2.25. The molecule has 0 atom stereocenters. The highest BCUT2D eigenvalue weighted by molar-refractivity contribution is 8.13. The molecule has 1 heterocycles. The second-order valence-corrected chi connectivity index (χ2v) is 6.86. The normalized spacial score (nSPS) is 14.8. The van der Waals surface area contributed by atoms with E-state index in [9.17, 15) is 13.2 Å². The highest BCUT2D eigenvalue weighted by atomic mass is 35.7. The maximum atomic E-state index is 11.9. The Morgan fingerprint density at radius 3 is 2.79 bits per heavy atom. The summed E-state index contributed by atoms with van der Waals surface area (Å²) in [6.07, 6.45) is 0.944. The van der Waals surface area contributed by atoms with Gasteiger partial charge in [-0.25, -0.2) is 8.42 Å². The van der Waals surface area contributed by atoms with Crippen molar-refractivity contribution in [3.05, 3.63) is 23.8 Å². The molecule has 0 aromatic heterocycles. The molecule has 0 saturated carbocycles. The minimum absolute atomic E-state index is 0.0273. The molecule has 0 aliphatic carbocycles. The molecule has 0 saturated heterocycles. The Morgan fingerprint density at radius 1 is 1.42 bits per heavy atom. The number of nitrogens with zero attached hydrogens (tertiary/aromatic N) is 1. The van der Waals surface area contributed by atoms with Gasteiger partial charge in [-0.05, 0) is 30.2 Å². The lowest BCUT2D eigenvalue weighted by atomic mass is 10.2. The average molecular weight is 304 g/mol. The molecule has 1 aliphatic rings. The Hall–Kier alpha value is -1.11. The van der Waals surface area contributed by atoms with Crippen molar-refractivity contribution in [2.75, 3.05) is 25.2 Å². The lowest BCUT2D eigenvalue weighted by Crippen LogP contribution is -2.28. The number of amides is 1. The summed E-state index contributed by atoms with van der Waals surface area (Å²) in [5.74, 6) is -0.0322. The van der Waals surface area contributed by atoms with Crippen LogP contribution in [-0.4, -0.2) is 34.6 Å². The number of hydrogen-bond acceptors (Lipinski definition) is 4. The molecular formula is C12H14ClNO4S. The molecule has 1 aromatic rings. The van der Waals surface area contributed by atoms with Gasteiger partial charge < -0.3 is 9.64 Å². The first-order valence-electron chi connectivity index (χ1n) is 5.80. The third-order valence-electron chi connectivity index (χ3n) is 3.00. The van der Waals surface area contributed by atoms with Crippen LogP contribution in [-0.2, 0) is 25.0 Å². The molecule has 104 valence electrons. The number of fused-ring (bicyclic) bond motifs is 1. The van der Waals surface area contributed by atoms with Gasteiger partial charge >= 0.3 is 0 Å². The van der Waals surface area contributed by atoms with Crippen LogP contribution < -0.4 is 4.90 Å². The topological polar surface area (TPSA) is 63.7 Å². The molecule has 0 spiro atoms. The van der Waals surface area contributed by atoms with E-state index in [0.717, 1.165) is 12.1 Å². The monoisotopic (exact) mass is 303 g/mol. The summed E-state index contributed by atoms with van der Waals surface area (Å²) < 4.78 is 27.5. The van der Waals surface area contributed by atoms with E-state index in [-0.39, 0.29) is 17.2 Å². The van der Waals surface area contributed by atoms with Gasteiger partial charge in [-0.2, -0.15) is 0 Å². The molecule has 1 aromatic carbocycles. The summed E-state index contributed by atoms with van der Waals surface area (Å²) in [5, 5.41) is 0. The number of hydrogen-bond donors (Lipinski definition) is 0. The molecule has 0 bridgehead atoms. The number of methoxy groups -OCH3 is 1. The van der Waals surface area contributed by atoms with Crippen LogP contribution in [0.4, 0.5) is 5.69 Å². The van der Waals surface area contributed by atoms with E-state index in [0.29, 0.717) is 18.7 Å². The lowest BCUT2D eigenvalue weighted by Gasteiger charge is -2.17. The van der Waals surface area contributed by atoms with Gasteiger partial charge in [-0.3, -0.25) is 4.79 Å². The van der Waals surface area contributed by atoms with Gasteiger partial charge in [0.15, 0.2) is 0 Å². The zero-order valence-corrected chi connectivity index (χ0v) is 12.0. The number of halogens is 1. The molecule has 5 nitrogen and oxygen atoms in total. The van der Waals surface area contributed by atoms with Crippen LogP contribution in [0.3, 0.4) is 0 Å². The van der Waals surface area contributed by atoms with Crippen molar-refractivity contribution in [2.24, 2.45) is 0 Å². The highest BCUT2D eigenvalue weighted by Gasteiger charge is 2.28. The number of anilines is 1. The van der Waals surface area contributed by atoms with Gasteiger partial charge in [-0.15, -0.1) is 0 Å². The average Bonchev–Trinajstić information content (AvgIpc) is 2.64. The fourth-order valence-electron chi connectivity index (χ4n) is 2.12. The van der Waals surface area contributed by atoms with Crippen molar-refractivity contribution in [1.29, 1.82) is 0 Å². The van der Waals surface area contributed by atoms with E-state index in [1.807, 2.05) is 0 Å². The Kier molecular flexibility index (Phi) is 4.13. The number of benzene rings is 1. The van der Waals surface area contributed by atoms with E-state index in [2.05, 4.69) is 0 Å². The van der Waals surface area contributed by atoms with E-state index in [1.54, 1.807) is 18.1 Å². The Bertz CT molecular complexity index is 600. The predicted octanol–water partition coefficient (Wildman–Crippen LogP) is 1.54. The van der Waals surface area contributed by atoms with Crippen molar-refractivity contribution < 1.29 is 17.9 Å². The SMILES string of the molecule is COCCCN1C(=O)Cc2cc(S(=O)(=O)Cl)ccc21. The molecule has 19 heavy (non-hydrogen) atoms. The van der Waals surface area contributed by atoms with Crippen molar-refractivity contribution in [1.82, 2.24) is 0 Å². The van der Waals surface area contributed by atoms with Gasteiger partial charge in [0.25, 0.3) is 9.05 Å². The standard InChI is InChI=1S/C12H14ClNO4S/c1-18-6-2-5-14-11-4-3-10(19(13,16)17)7-9(11)8-12(14)15/h3-4,7H,2,5-6,8H2,1H3. The van der Waals surface area contributed by atoms with Gasteiger partial charge in [0, 0.05) is 36.6 Å². The van der Waals surface area contributed by atoms with Crippen molar-refractivity contribution in [2.45, 2.75) is 17.7 Å². The highest BCUT2D eigenvalue weighted by Crippen LogP contribution is 2.31. The molecule has 0 radical (unpaired) electrons. The van der Waals surface area contributed by atoms with Gasteiger partial charge in [0.1, 0.15) is 0 Å². The summed E-state index contributed by atoms with van der Waals surface area (Å²) in [5.41, 5.74) is 1.45.